The van der Waals surface area contributed by atoms with Gasteiger partial charge in [-0.15, -0.1) is 5.10 Å². The van der Waals surface area contributed by atoms with Gasteiger partial charge in [0.15, 0.2) is 0 Å². The molecule has 3 aromatic heterocycles. The monoisotopic (exact) mass is 529 g/mol. The lowest BCUT2D eigenvalue weighted by Crippen LogP contribution is -2.34. The maximum Gasteiger partial charge on any atom is 0.388 e. The van der Waals surface area contributed by atoms with E-state index in [1.54, 1.807) is 49.6 Å². The molecular weight excluding hydrogens is 512 g/mol. The van der Waals surface area contributed by atoms with Gasteiger partial charge in [-0.2, -0.15) is 13.9 Å². The summed E-state index contributed by atoms with van der Waals surface area (Å²) in [6, 6.07) is 10.7. The molecule has 0 bridgehead atoms. The van der Waals surface area contributed by atoms with Gasteiger partial charge in [0.2, 0.25) is 5.88 Å². The molecule has 12 heteroatoms. The van der Waals surface area contributed by atoms with Crippen LogP contribution in [0.5, 0.6) is 5.88 Å². The van der Waals surface area contributed by atoms with Crippen molar-refractivity contribution in [1.29, 1.82) is 0 Å². The Morgan fingerprint density at radius 3 is 2.59 bits per heavy atom. The van der Waals surface area contributed by atoms with E-state index in [2.05, 4.69) is 45.8 Å². The van der Waals surface area contributed by atoms with Crippen molar-refractivity contribution in [3.8, 4) is 5.88 Å². The van der Waals surface area contributed by atoms with Crippen LogP contribution in [0, 0.1) is 0 Å². The van der Waals surface area contributed by atoms with Crippen molar-refractivity contribution in [2.24, 2.45) is 0 Å². The largest absolute Gasteiger partial charge is 0.415 e. The Morgan fingerprint density at radius 2 is 1.91 bits per heavy atom. The van der Waals surface area contributed by atoms with E-state index in [1.807, 2.05) is 0 Å². The van der Waals surface area contributed by atoms with E-state index >= 15 is 0 Å². The molecule has 0 aliphatic carbocycles. The summed E-state index contributed by atoms with van der Waals surface area (Å²) in [7, 11) is 0. The number of nitrogens with zero attached hydrogens (tertiary/aromatic N) is 6. The number of pyridine rings is 1. The minimum atomic E-state index is -3.01. The first-order valence-electron chi connectivity index (χ1n) is 10.0. The molecule has 0 fully saturated rings. The van der Waals surface area contributed by atoms with Crippen molar-refractivity contribution < 1.29 is 18.3 Å². The summed E-state index contributed by atoms with van der Waals surface area (Å²) in [5, 5.41) is 8.30. The lowest BCUT2D eigenvalue weighted by Gasteiger charge is -2.28. The molecule has 0 aliphatic heterocycles. The Kier molecular flexibility index (Phi) is 6.87. The first kappa shape index (κ1) is 23.4. The Morgan fingerprint density at radius 1 is 1.15 bits per heavy atom. The highest BCUT2D eigenvalue weighted by Gasteiger charge is 2.26. The van der Waals surface area contributed by atoms with E-state index in [4.69, 9.17) is 5.73 Å². The lowest BCUT2D eigenvalue weighted by molar-refractivity contribution is -0.0534. The summed E-state index contributed by atoms with van der Waals surface area (Å²) in [5.41, 5.74) is 7.26. The number of carbonyl (C=O) groups excluding carboxylic acids is 1. The van der Waals surface area contributed by atoms with Crippen molar-refractivity contribution in [1.82, 2.24) is 30.0 Å². The molecule has 0 saturated carbocycles. The number of carbonyl (C=O) groups is 1. The van der Waals surface area contributed by atoms with Crippen LogP contribution in [0.4, 0.5) is 14.6 Å². The summed E-state index contributed by atoms with van der Waals surface area (Å²) >= 11 is 3.35. The van der Waals surface area contributed by atoms with E-state index in [-0.39, 0.29) is 18.3 Å². The van der Waals surface area contributed by atoms with Gasteiger partial charge in [0.05, 0.1) is 28.3 Å². The molecule has 0 radical (unpaired) electrons. The van der Waals surface area contributed by atoms with Crippen LogP contribution >= 0.6 is 15.9 Å². The van der Waals surface area contributed by atoms with Crippen molar-refractivity contribution in [2.75, 3.05) is 5.73 Å². The number of amides is 1. The van der Waals surface area contributed by atoms with Crippen LogP contribution in [0.3, 0.4) is 0 Å². The van der Waals surface area contributed by atoms with Crippen LogP contribution in [0.2, 0.25) is 0 Å². The summed E-state index contributed by atoms with van der Waals surface area (Å²) in [5.74, 6) is 0.146. The first-order valence-corrected chi connectivity index (χ1v) is 10.8. The molecule has 1 aromatic carbocycles. The van der Waals surface area contributed by atoms with Crippen LogP contribution in [0.15, 0.2) is 59.3 Å². The second kappa shape index (κ2) is 10.00. The maximum absolute atomic E-state index is 13.6. The van der Waals surface area contributed by atoms with Gasteiger partial charge in [-0.3, -0.25) is 4.79 Å². The summed E-state index contributed by atoms with van der Waals surface area (Å²) in [6.45, 7) is -1.19. The molecule has 1 atom stereocenters. The fourth-order valence-corrected chi connectivity index (χ4v) is 3.61. The topological polar surface area (TPSA) is 120 Å². The molecule has 2 N–H and O–H groups in total. The second-order valence-corrected chi connectivity index (χ2v) is 8.07. The predicted octanol–water partition coefficient (Wildman–Crippen LogP) is 4.16. The fourth-order valence-electron chi connectivity index (χ4n) is 3.28. The minimum absolute atomic E-state index is 0.0297. The van der Waals surface area contributed by atoms with Crippen LogP contribution in [0.25, 0.3) is 10.9 Å². The smallest absolute Gasteiger partial charge is 0.388 e. The predicted molar refractivity (Wildman–Crippen MR) is 123 cm³/mol. The highest BCUT2D eigenvalue weighted by Crippen LogP contribution is 2.26. The zero-order chi connectivity index (χ0) is 24.2. The van der Waals surface area contributed by atoms with Crippen LogP contribution in [-0.2, 0) is 6.54 Å². The number of hydrogen-bond donors (Lipinski definition) is 1. The molecular formula is C22H18BrF2N7O2. The molecule has 0 aliphatic rings. The number of anilines is 1. The highest BCUT2D eigenvalue weighted by atomic mass is 79.9. The number of alkyl halides is 2. The van der Waals surface area contributed by atoms with Gasteiger partial charge in [-0.05, 0) is 59.3 Å². The first-order chi connectivity index (χ1) is 16.3. The minimum Gasteiger partial charge on any atom is -0.415 e. The number of fused-ring (bicyclic) bond motifs is 1. The SMILES string of the molecule is C[C@H](c1ncccn1)N(Cc1ccc(OC(F)F)nn1)C(=O)c1ccc2nc(N)c(Br)cc2c1. The molecule has 0 spiro atoms. The summed E-state index contributed by atoms with van der Waals surface area (Å²) in [4.78, 5) is 28.0. The third-order valence-corrected chi connectivity index (χ3v) is 5.60. The van der Waals surface area contributed by atoms with Gasteiger partial charge in [0, 0.05) is 29.4 Å². The highest BCUT2D eigenvalue weighted by molar-refractivity contribution is 9.10. The van der Waals surface area contributed by atoms with Crippen molar-refractivity contribution in [2.45, 2.75) is 26.1 Å². The van der Waals surface area contributed by atoms with E-state index in [0.29, 0.717) is 32.9 Å². The zero-order valence-electron chi connectivity index (χ0n) is 17.8. The maximum atomic E-state index is 13.6. The van der Waals surface area contributed by atoms with Gasteiger partial charge >= 0.3 is 6.61 Å². The quantitative estimate of drug-likeness (QED) is 0.378. The fraction of sp³-hybridized carbons (Fsp3) is 0.182. The number of rotatable bonds is 7. The number of hydrogen-bond acceptors (Lipinski definition) is 8. The molecule has 1 amide bonds. The third-order valence-electron chi connectivity index (χ3n) is 4.97. The Labute approximate surface area is 201 Å². The summed E-state index contributed by atoms with van der Waals surface area (Å²) < 4.78 is 29.7. The van der Waals surface area contributed by atoms with Crippen LogP contribution < -0.4 is 10.5 Å². The third kappa shape index (κ3) is 5.22. The van der Waals surface area contributed by atoms with E-state index in [1.165, 1.54) is 17.0 Å². The molecule has 34 heavy (non-hydrogen) atoms. The molecule has 4 rings (SSSR count). The molecule has 9 nitrogen and oxygen atoms in total. The summed E-state index contributed by atoms with van der Waals surface area (Å²) in [6.07, 6.45) is 3.17. The van der Waals surface area contributed by atoms with Gasteiger partial charge < -0.3 is 15.4 Å². The zero-order valence-corrected chi connectivity index (χ0v) is 19.4. The Hall–Kier alpha value is -3.80. The van der Waals surface area contributed by atoms with E-state index < -0.39 is 12.7 Å². The van der Waals surface area contributed by atoms with Crippen molar-refractivity contribution in [3.05, 3.63) is 76.4 Å². The molecule has 4 aromatic rings. The second-order valence-electron chi connectivity index (χ2n) is 7.22. The molecule has 0 saturated heterocycles. The number of aromatic nitrogens is 5. The Balaban J connectivity index is 1.68. The van der Waals surface area contributed by atoms with Crippen molar-refractivity contribution in [3.63, 3.8) is 0 Å². The number of halogens is 3. The Bertz CT molecular complexity index is 1310. The van der Waals surface area contributed by atoms with E-state index in [0.717, 1.165) is 5.39 Å². The average Bonchev–Trinajstić information content (AvgIpc) is 2.83. The normalized spacial score (nSPS) is 12.0. The molecule has 0 unspecified atom stereocenters. The number of nitrogens with two attached hydrogens (primary N) is 1. The van der Waals surface area contributed by atoms with Gasteiger partial charge in [0.25, 0.3) is 5.91 Å². The molecule has 3 heterocycles. The van der Waals surface area contributed by atoms with Crippen molar-refractivity contribution >= 4 is 38.6 Å². The average molecular weight is 530 g/mol. The number of nitrogen functional groups attached to an aromatic ring is 1. The van der Waals surface area contributed by atoms with Gasteiger partial charge in [0.1, 0.15) is 11.6 Å². The molecule has 174 valence electrons. The standard InChI is InChI=1S/C22H18BrF2N7O2/c1-12(20-27-7-2-8-28-20)32(11-15-4-6-18(31-30-15)34-22(24)25)21(33)13-3-5-17-14(9-13)10-16(23)19(26)29-17/h2-10,12,22H,11H2,1H3,(H2,26,29)/t12-/m1/s1. The van der Waals surface area contributed by atoms with Gasteiger partial charge in [-0.1, -0.05) is 0 Å². The van der Waals surface area contributed by atoms with Crippen LogP contribution in [0.1, 0.15) is 34.8 Å². The van der Waals surface area contributed by atoms with Crippen LogP contribution in [-0.4, -0.2) is 42.6 Å². The van der Waals surface area contributed by atoms with Gasteiger partial charge in [-0.25, -0.2) is 15.0 Å². The number of benzene rings is 1. The van der Waals surface area contributed by atoms with E-state index in [9.17, 15) is 13.6 Å². The lowest BCUT2D eigenvalue weighted by atomic mass is 10.1. The number of ether oxygens (including phenoxy) is 1.